The summed E-state index contributed by atoms with van der Waals surface area (Å²) in [5, 5.41) is 0. The first-order chi connectivity index (χ1) is 14.6. The Bertz CT molecular complexity index is 513. The van der Waals surface area contributed by atoms with Crippen LogP contribution in [-0.4, -0.2) is 25.2 Å². The molecule has 0 aromatic carbocycles. The fourth-order valence-corrected chi connectivity index (χ4v) is 4.50. The smallest absolute Gasteiger partial charge is 0.309 e. The summed E-state index contributed by atoms with van der Waals surface area (Å²) >= 11 is 0. The third kappa shape index (κ3) is 11.9. The van der Waals surface area contributed by atoms with Gasteiger partial charge in [-0.05, 0) is 61.7 Å². The van der Waals surface area contributed by atoms with Crippen molar-refractivity contribution < 1.29 is 19.1 Å². The number of hydrogen-bond acceptors (Lipinski definition) is 4. The molecule has 0 aromatic heterocycles. The average molecular weight is 439 g/mol. The van der Waals surface area contributed by atoms with E-state index < -0.39 is 0 Å². The zero-order valence-electron chi connectivity index (χ0n) is 21.5. The molecule has 1 fully saturated rings. The second-order valence-electron chi connectivity index (χ2n) is 11.3. The maximum atomic E-state index is 12.9. The lowest BCUT2D eigenvalue weighted by Crippen LogP contribution is -2.38. The monoisotopic (exact) mass is 438 g/mol. The van der Waals surface area contributed by atoms with Crippen molar-refractivity contribution in [2.75, 3.05) is 13.2 Å². The first-order valence-corrected chi connectivity index (χ1v) is 12.9. The van der Waals surface area contributed by atoms with Crippen molar-refractivity contribution in [2.45, 2.75) is 106 Å². The molecule has 1 aliphatic rings. The van der Waals surface area contributed by atoms with Crippen LogP contribution in [0.4, 0.5) is 0 Å². The topological polar surface area (TPSA) is 52.6 Å². The van der Waals surface area contributed by atoms with Gasteiger partial charge in [0.25, 0.3) is 0 Å². The average Bonchev–Trinajstić information content (AvgIpc) is 2.69. The van der Waals surface area contributed by atoms with E-state index in [0.29, 0.717) is 42.8 Å². The van der Waals surface area contributed by atoms with E-state index in [1.807, 2.05) is 0 Å². The van der Waals surface area contributed by atoms with Crippen molar-refractivity contribution in [3.05, 3.63) is 0 Å². The van der Waals surface area contributed by atoms with E-state index in [2.05, 4.69) is 48.5 Å². The predicted molar refractivity (Wildman–Crippen MR) is 128 cm³/mol. The summed E-state index contributed by atoms with van der Waals surface area (Å²) in [6, 6.07) is 0. The number of hydrogen-bond donors (Lipinski definition) is 0. The first-order valence-electron chi connectivity index (χ1n) is 12.9. The molecule has 1 rings (SSSR count). The SMILES string of the molecule is CC(C)CCCC(C)COC(=O)C1CCC(C)CC1C(=O)OCC(C)CCCC(C)C. The Kier molecular flexibility index (Phi) is 13.4. The third-order valence-electron chi connectivity index (χ3n) is 6.69. The highest BCUT2D eigenvalue weighted by atomic mass is 16.5. The molecule has 0 radical (unpaired) electrons. The largest absolute Gasteiger partial charge is 0.465 e. The molecule has 0 aliphatic heterocycles. The fraction of sp³-hybridized carbons (Fsp3) is 0.926. The second kappa shape index (κ2) is 14.9. The summed E-state index contributed by atoms with van der Waals surface area (Å²) < 4.78 is 11.4. The van der Waals surface area contributed by atoms with Crippen LogP contribution in [-0.2, 0) is 19.1 Å². The molecular formula is C27H50O4. The summed E-state index contributed by atoms with van der Waals surface area (Å²) in [6.07, 6.45) is 9.34. The van der Waals surface area contributed by atoms with Crippen LogP contribution >= 0.6 is 0 Å². The third-order valence-corrected chi connectivity index (χ3v) is 6.69. The normalized spacial score (nSPS) is 23.6. The lowest BCUT2D eigenvalue weighted by molar-refractivity contribution is -0.165. The molecule has 0 saturated heterocycles. The van der Waals surface area contributed by atoms with Crippen LogP contribution in [0.1, 0.15) is 106 Å². The van der Waals surface area contributed by atoms with Crippen LogP contribution in [0.25, 0.3) is 0 Å². The Morgan fingerprint density at radius 2 is 1.16 bits per heavy atom. The Balaban J connectivity index is 2.48. The van der Waals surface area contributed by atoms with E-state index in [9.17, 15) is 9.59 Å². The zero-order valence-corrected chi connectivity index (χ0v) is 21.5. The van der Waals surface area contributed by atoms with Gasteiger partial charge in [0, 0.05) is 0 Å². The summed E-state index contributed by atoms with van der Waals surface area (Å²) in [5.74, 6) is 1.50. The minimum absolute atomic E-state index is 0.199. The van der Waals surface area contributed by atoms with E-state index >= 15 is 0 Å². The van der Waals surface area contributed by atoms with Gasteiger partial charge in [0.1, 0.15) is 0 Å². The van der Waals surface area contributed by atoms with Gasteiger partial charge in [-0.3, -0.25) is 9.59 Å². The Labute approximate surface area is 192 Å². The second-order valence-corrected chi connectivity index (χ2v) is 11.3. The van der Waals surface area contributed by atoms with E-state index in [1.54, 1.807) is 0 Å². The van der Waals surface area contributed by atoms with Crippen LogP contribution in [0.2, 0.25) is 0 Å². The minimum atomic E-state index is -0.352. The van der Waals surface area contributed by atoms with Gasteiger partial charge in [-0.15, -0.1) is 0 Å². The maximum Gasteiger partial charge on any atom is 0.309 e. The molecule has 0 spiro atoms. The van der Waals surface area contributed by atoms with Crippen molar-refractivity contribution in [2.24, 2.45) is 41.4 Å². The van der Waals surface area contributed by atoms with Gasteiger partial charge in [-0.25, -0.2) is 0 Å². The van der Waals surface area contributed by atoms with Gasteiger partial charge in [-0.1, -0.05) is 74.1 Å². The molecule has 1 saturated carbocycles. The molecule has 5 unspecified atom stereocenters. The first kappa shape index (κ1) is 28.0. The summed E-state index contributed by atoms with van der Waals surface area (Å²) in [4.78, 5) is 25.7. The number of rotatable bonds is 14. The standard InChI is InChI=1S/C27H50O4/c1-19(2)10-8-12-22(6)17-30-26(28)24-15-14-21(5)16-25(24)27(29)31-18-23(7)13-9-11-20(3)4/h19-25H,8-18H2,1-7H3. The summed E-state index contributed by atoms with van der Waals surface area (Å²) in [5.41, 5.74) is 0. The van der Waals surface area contributed by atoms with E-state index in [-0.39, 0.29) is 23.8 Å². The van der Waals surface area contributed by atoms with Crippen LogP contribution in [0.3, 0.4) is 0 Å². The highest BCUT2D eigenvalue weighted by Gasteiger charge is 2.40. The van der Waals surface area contributed by atoms with Crippen LogP contribution in [0.5, 0.6) is 0 Å². The molecule has 0 N–H and O–H groups in total. The van der Waals surface area contributed by atoms with Crippen LogP contribution < -0.4 is 0 Å². The molecule has 5 atom stereocenters. The molecule has 4 nitrogen and oxygen atoms in total. The molecule has 0 aromatic rings. The van der Waals surface area contributed by atoms with E-state index in [4.69, 9.17) is 9.47 Å². The number of esters is 2. The maximum absolute atomic E-state index is 12.9. The lowest BCUT2D eigenvalue weighted by Gasteiger charge is -2.32. The number of carbonyl (C=O) groups is 2. The predicted octanol–water partition coefficient (Wildman–Crippen LogP) is 7.05. The van der Waals surface area contributed by atoms with Crippen molar-refractivity contribution in [1.29, 1.82) is 0 Å². The summed E-state index contributed by atoms with van der Waals surface area (Å²) in [7, 11) is 0. The fourth-order valence-electron chi connectivity index (χ4n) is 4.50. The van der Waals surface area contributed by atoms with Gasteiger partial charge in [-0.2, -0.15) is 0 Å². The molecule has 0 bridgehead atoms. The molecule has 0 amide bonds. The minimum Gasteiger partial charge on any atom is -0.465 e. The van der Waals surface area contributed by atoms with Crippen molar-refractivity contribution in [1.82, 2.24) is 0 Å². The lowest BCUT2D eigenvalue weighted by atomic mass is 9.74. The van der Waals surface area contributed by atoms with Gasteiger partial charge in [0.15, 0.2) is 0 Å². The Morgan fingerprint density at radius 1 is 0.710 bits per heavy atom. The summed E-state index contributed by atoms with van der Waals surface area (Å²) in [6.45, 7) is 16.3. The van der Waals surface area contributed by atoms with Crippen LogP contribution in [0.15, 0.2) is 0 Å². The van der Waals surface area contributed by atoms with Gasteiger partial charge >= 0.3 is 11.9 Å². The van der Waals surface area contributed by atoms with Gasteiger partial charge in [0.05, 0.1) is 25.0 Å². The highest BCUT2D eigenvalue weighted by molar-refractivity contribution is 5.82. The molecule has 4 heteroatoms. The van der Waals surface area contributed by atoms with E-state index in [0.717, 1.165) is 32.1 Å². The van der Waals surface area contributed by atoms with Crippen molar-refractivity contribution >= 4 is 11.9 Å². The molecule has 31 heavy (non-hydrogen) atoms. The zero-order chi connectivity index (χ0) is 23.4. The Hall–Kier alpha value is -1.06. The van der Waals surface area contributed by atoms with E-state index in [1.165, 1.54) is 25.7 Å². The van der Waals surface area contributed by atoms with Crippen LogP contribution in [0, 0.1) is 41.4 Å². The highest BCUT2D eigenvalue weighted by Crippen LogP contribution is 2.35. The quantitative estimate of drug-likeness (QED) is 0.273. The number of carbonyl (C=O) groups excluding carboxylic acids is 2. The molecular weight excluding hydrogens is 388 g/mol. The molecule has 1 aliphatic carbocycles. The van der Waals surface area contributed by atoms with Gasteiger partial charge < -0.3 is 9.47 Å². The molecule has 182 valence electrons. The molecule has 0 heterocycles. The van der Waals surface area contributed by atoms with Crippen molar-refractivity contribution in [3.63, 3.8) is 0 Å². The number of ether oxygens (including phenoxy) is 2. The Morgan fingerprint density at radius 3 is 1.61 bits per heavy atom. The van der Waals surface area contributed by atoms with Crippen molar-refractivity contribution in [3.8, 4) is 0 Å². The van der Waals surface area contributed by atoms with Gasteiger partial charge in [0.2, 0.25) is 0 Å².